The van der Waals surface area contributed by atoms with Crippen molar-refractivity contribution >= 4 is 6.08 Å². The molecule has 4 atom stereocenters. The van der Waals surface area contributed by atoms with Gasteiger partial charge < -0.3 is 18.9 Å². The minimum absolute atomic E-state index is 0.0429. The maximum absolute atomic E-state index is 6.05. The van der Waals surface area contributed by atoms with E-state index in [-0.39, 0.29) is 24.4 Å². The first-order valence-corrected chi connectivity index (χ1v) is 7.32. The largest absolute Gasteiger partial charge is 0.353 e. The molecule has 0 spiro atoms. The number of hydrogen-bond donors (Lipinski definition) is 0. The van der Waals surface area contributed by atoms with Crippen LogP contribution in [-0.2, 0) is 18.9 Å². The highest BCUT2D eigenvalue weighted by atomic mass is 16.8. The number of rotatable bonds is 3. The van der Waals surface area contributed by atoms with Crippen LogP contribution in [0.1, 0.15) is 19.4 Å². The fourth-order valence-corrected chi connectivity index (χ4v) is 2.92. The zero-order chi connectivity index (χ0) is 14.9. The second kappa shape index (κ2) is 5.89. The van der Waals surface area contributed by atoms with Crippen molar-refractivity contribution < 1.29 is 18.9 Å². The molecule has 2 aliphatic heterocycles. The van der Waals surface area contributed by atoms with Crippen molar-refractivity contribution in [2.75, 3.05) is 13.7 Å². The van der Waals surface area contributed by atoms with Gasteiger partial charge in [0.1, 0.15) is 12.2 Å². The molecule has 0 unspecified atom stereocenters. The molecule has 0 aromatic heterocycles. The zero-order valence-corrected chi connectivity index (χ0v) is 12.7. The second-order valence-electron chi connectivity index (χ2n) is 5.94. The van der Waals surface area contributed by atoms with Crippen molar-refractivity contribution in [3.8, 4) is 0 Å². The van der Waals surface area contributed by atoms with E-state index in [0.717, 1.165) is 0 Å². The minimum atomic E-state index is -0.599. The van der Waals surface area contributed by atoms with Crippen molar-refractivity contribution in [1.29, 1.82) is 0 Å². The molecule has 4 nitrogen and oxygen atoms in total. The molecule has 2 fully saturated rings. The average Bonchev–Trinajstić information content (AvgIpc) is 2.81. The molecule has 0 amide bonds. The Morgan fingerprint density at radius 2 is 1.86 bits per heavy atom. The monoisotopic (exact) mass is 290 g/mol. The van der Waals surface area contributed by atoms with Gasteiger partial charge in [0.2, 0.25) is 0 Å². The van der Waals surface area contributed by atoms with Gasteiger partial charge in [0.15, 0.2) is 12.1 Å². The summed E-state index contributed by atoms with van der Waals surface area (Å²) in [6.45, 7) is 4.43. The summed E-state index contributed by atoms with van der Waals surface area (Å²) in [5.41, 5.74) is 1.17. The zero-order valence-electron chi connectivity index (χ0n) is 12.7. The average molecular weight is 290 g/mol. The van der Waals surface area contributed by atoms with Gasteiger partial charge in [0, 0.05) is 13.0 Å². The molecule has 2 heterocycles. The van der Waals surface area contributed by atoms with Crippen molar-refractivity contribution in [1.82, 2.24) is 0 Å². The number of hydrogen-bond acceptors (Lipinski definition) is 4. The van der Waals surface area contributed by atoms with Gasteiger partial charge in [-0.1, -0.05) is 42.5 Å². The lowest BCUT2D eigenvalue weighted by molar-refractivity contribution is -0.225. The Hall–Kier alpha value is -1.20. The maximum Gasteiger partial charge on any atom is 0.186 e. The Balaban J connectivity index is 1.76. The number of benzene rings is 1. The molecule has 0 radical (unpaired) electrons. The van der Waals surface area contributed by atoms with Gasteiger partial charge in [-0.25, -0.2) is 0 Å². The van der Waals surface area contributed by atoms with E-state index in [1.807, 2.05) is 32.0 Å². The Kier molecular flexibility index (Phi) is 4.13. The second-order valence-corrected chi connectivity index (χ2v) is 5.94. The van der Waals surface area contributed by atoms with Gasteiger partial charge in [-0.3, -0.25) is 0 Å². The lowest BCUT2D eigenvalue weighted by Gasteiger charge is -2.34. The van der Waals surface area contributed by atoms with E-state index in [1.54, 1.807) is 7.11 Å². The highest BCUT2D eigenvalue weighted by Gasteiger charge is 2.51. The summed E-state index contributed by atoms with van der Waals surface area (Å²) in [6, 6.07) is 10.2. The molecule has 3 rings (SSSR count). The first-order valence-electron chi connectivity index (χ1n) is 7.32. The summed E-state index contributed by atoms with van der Waals surface area (Å²) in [4.78, 5) is 0. The van der Waals surface area contributed by atoms with Crippen LogP contribution in [0.3, 0.4) is 0 Å². The van der Waals surface area contributed by atoms with E-state index in [0.29, 0.717) is 6.61 Å². The smallest absolute Gasteiger partial charge is 0.186 e. The van der Waals surface area contributed by atoms with Gasteiger partial charge in [0.05, 0.1) is 6.61 Å². The van der Waals surface area contributed by atoms with Crippen LogP contribution >= 0.6 is 0 Å². The van der Waals surface area contributed by atoms with E-state index in [9.17, 15) is 0 Å². The molecular weight excluding hydrogens is 268 g/mol. The van der Waals surface area contributed by atoms with Crippen LogP contribution in [0.4, 0.5) is 0 Å². The molecule has 0 aliphatic carbocycles. The number of fused-ring (bicyclic) bond motifs is 1. The molecule has 1 aromatic rings. The lowest BCUT2D eigenvalue weighted by atomic mass is 9.94. The normalized spacial score (nSPS) is 35.0. The fraction of sp³-hybridized carbons (Fsp3) is 0.529. The molecule has 2 aliphatic rings. The van der Waals surface area contributed by atoms with Crippen LogP contribution in [0.5, 0.6) is 0 Å². The SMILES string of the molecule is CO[C@@H]1OC[C@H](/C=C/c2ccccc2)[C@H]2OC(C)(C)O[C@@H]12. The summed E-state index contributed by atoms with van der Waals surface area (Å²) in [6.07, 6.45) is 3.65. The summed E-state index contributed by atoms with van der Waals surface area (Å²) >= 11 is 0. The van der Waals surface area contributed by atoms with Gasteiger partial charge >= 0.3 is 0 Å². The fourth-order valence-electron chi connectivity index (χ4n) is 2.92. The molecule has 2 saturated heterocycles. The molecule has 1 aromatic carbocycles. The van der Waals surface area contributed by atoms with Gasteiger partial charge in [0.25, 0.3) is 0 Å². The third-order valence-electron chi connectivity index (χ3n) is 3.87. The molecule has 4 heteroatoms. The summed E-state index contributed by atoms with van der Waals surface area (Å²) in [5, 5.41) is 0. The van der Waals surface area contributed by atoms with Crippen LogP contribution in [0.25, 0.3) is 6.08 Å². The minimum Gasteiger partial charge on any atom is -0.353 e. The molecule has 0 saturated carbocycles. The van der Waals surface area contributed by atoms with Gasteiger partial charge in [-0.15, -0.1) is 0 Å². The molecule has 21 heavy (non-hydrogen) atoms. The third kappa shape index (κ3) is 3.19. The Labute approximate surface area is 125 Å². The highest BCUT2D eigenvalue weighted by Crippen LogP contribution is 2.38. The predicted octanol–water partition coefficient (Wildman–Crippen LogP) is 2.84. The summed E-state index contributed by atoms with van der Waals surface area (Å²) in [5.74, 6) is -0.443. The molecule has 114 valence electrons. The van der Waals surface area contributed by atoms with E-state index in [1.165, 1.54) is 5.56 Å². The summed E-state index contributed by atoms with van der Waals surface area (Å²) < 4.78 is 23.1. The third-order valence-corrected chi connectivity index (χ3v) is 3.87. The van der Waals surface area contributed by atoms with Gasteiger partial charge in [-0.2, -0.15) is 0 Å². The first kappa shape index (κ1) is 14.7. The standard InChI is InChI=1S/C17H22O4/c1-17(2)20-14-13(10-9-12-7-5-4-6-8-12)11-19-16(18-3)15(14)21-17/h4-10,13-16H,11H2,1-3H3/b10-9+/t13-,14+,15+,16+/m0/s1. The topological polar surface area (TPSA) is 36.9 Å². The van der Waals surface area contributed by atoms with Crippen LogP contribution in [0, 0.1) is 5.92 Å². The van der Waals surface area contributed by atoms with E-state index < -0.39 is 5.79 Å². The van der Waals surface area contributed by atoms with Crippen LogP contribution < -0.4 is 0 Å². The maximum atomic E-state index is 6.05. The van der Waals surface area contributed by atoms with Crippen molar-refractivity contribution in [3.63, 3.8) is 0 Å². The Morgan fingerprint density at radius 1 is 1.14 bits per heavy atom. The lowest BCUT2D eigenvalue weighted by Crippen LogP contribution is -2.48. The van der Waals surface area contributed by atoms with Crippen LogP contribution in [0.15, 0.2) is 36.4 Å². The van der Waals surface area contributed by atoms with Crippen molar-refractivity contribution in [2.45, 2.75) is 38.1 Å². The highest BCUT2D eigenvalue weighted by molar-refractivity contribution is 5.49. The quantitative estimate of drug-likeness (QED) is 0.858. The van der Waals surface area contributed by atoms with Crippen LogP contribution in [0.2, 0.25) is 0 Å². The predicted molar refractivity (Wildman–Crippen MR) is 79.5 cm³/mol. The number of methoxy groups -OCH3 is 1. The molecule has 0 bridgehead atoms. The Bertz CT molecular complexity index is 497. The number of ether oxygens (including phenoxy) is 4. The van der Waals surface area contributed by atoms with Gasteiger partial charge in [-0.05, 0) is 19.4 Å². The van der Waals surface area contributed by atoms with Crippen molar-refractivity contribution in [2.24, 2.45) is 5.92 Å². The van der Waals surface area contributed by atoms with Crippen molar-refractivity contribution in [3.05, 3.63) is 42.0 Å². The van der Waals surface area contributed by atoms with Crippen LogP contribution in [-0.4, -0.2) is 38.0 Å². The van der Waals surface area contributed by atoms with E-state index in [4.69, 9.17) is 18.9 Å². The summed E-state index contributed by atoms with van der Waals surface area (Å²) in [7, 11) is 1.64. The molecular formula is C17H22O4. The molecule has 0 N–H and O–H groups in total. The van der Waals surface area contributed by atoms with E-state index >= 15 is 0 Å². The van der Waals surface area contributed by atoms with E-state index in [2.05, 4.69) is 24.3 Å². The first-order chi connectivity index (χ1) is 10.1. The Morgan fingerprint density at radius 3 is 2.57 bits per heavy atom.